The molecule has 2 aromatic heterocycles. The average molecular weight is 304 g/mol. The number of furan rings is 1. The molecule has 0 saturated heterocycles. The van der Waals surface area contributed by atoms with Gasteiger partial charge < -0.3 is 10.2 Å². The molecular formula is C16H14ClNOS. The van der Waals surface area contributed by atoms with E-state index in [-0.39, 0.29) is 6.04 Å². The first-order valence-electron chi connectivity index (χ1n) is 6.77. The zero-order valence-corrected chi connectivity index (χ0v) is 12.4. The number of hydrogen-bond donors (Lipinski definition) is 1. The Kier molecular flexibility index (Phi) is 2.88. The van der Waals surface area contributed by atoms with Crippen molar-refractivity contribution in [2.45, 2.75) is 25.3 Å². The zero-order chi connectivity index (χ0) is 13.7. The maximum absolute atomic E-state index is 6.36. The Hall–Kier alpha value is -1.29. The van der Waals surface area contributed by atoms with E-state index in [0.717, 1.165) is 16.7 Å². The Bertz CT molecular complexity index is 767. The fourth-order valence-electron chi connectivity index (χ4n) is 2.85. The van der Waals surface area contributed by atoms with Gasteiger partial charge in [0.25, 0.3) is 0 Å². The summed E-state index contributed by atoms with van der Waals surface area (Å²) in [5.74, 6) is 0.785. The van der Waals surface area contributed by atoms with E-state index < -0.39 is 0 Å². The predicted octanol–water partition coefficient (Wildman–Crippen LogP) is 4.68. The Morgan fingerprint density at radius 3 is 2.95 bits per heavy atom. The summed E-state index contributed by atoms with van der Waals surface area (Å²) in [5.41, 5.74) is 8.56. The van der Waals surface area contributed by atoms with E-state index >= 15 is 0 Å². The summed E-state index contributed by atoms with van der Waals surface area (Å²) in [6, 6.07) is 9.80. The third kappa shape index (κ3) is 1.89. The molecule has 2 N–H and O–H groups in total. The van der Waals surface area contributed by atoms with Crippen molar-refractivity contribution >= 4 is 33.9 Å². The molecule has 3 aromatic rings. The van der Waals surface area contributed by atoms with Crippen molar-refractivity contribution < 1.29 is 4.42 Å². The van der Waals surface area contributed by atoms with Gasteiger partial charge in [-0.05, 0) is 43.0 Å². The predicted molar refractivity (Wildman–Crippen MR) is 83.6 cm³/mol. The fourth-order valence-corrected chi connectivity index (χ4v) is 4.33. The SMILES string of the molecule is NC(c1cc2cccc(Cl)c2o1)c1cc2c(s1)CCC2. The monoisotopic (exact) mass is 303 g/mol. The van der Waals surface area contributed by atoms with Crippen LogP contribution in [-0.4, -0.2) is 0 Å². The van der Waals surface area contributed by atoms with Crippen molar-refractivity contribution in [2.75, 3.05) is 0 Å². The van der Waals surface area contributed by atoms with Crippen molar-refractivity contribution in [1.29, 1.82) is 0 Å². The molecule has 1 atom stereocenters. The number of halogens is 1. The molecule has 1 aromatic carbocycles. The van der Waals surface area contributed by atoms with E-state index in [9.17, 15) is 0 Å². The number of benzene rings is 1. The lowest BCUT2D eigenvalue weighted by Crippen LogP contribution is -2.08. The van der Waals surface area contributed by atoms with Crippen LogP contribution in [0.3, 0.4) is 0 Å². The van der Waals surface area contributed by atoms with Gasteiger partial charge in [-0.2, -0.15) is 0 Å². The lowest BCUT2D eigenvalue weighted by molar-refractivity contribution is 0.528. The van der Waals surface area contributed by atoms with Crippen LogP contribution >= 0.6 is 22.9 Å². The number of nitrogens with two attached hydrogens (primary N) is 1. The molecule has 4 rings (SSSR count). The van der Waals surface area contributed by atoms with Crippen molar-refractivity contribution in [3.8, 4) is 0 Å². The first kappa shape index (κ1) is 12.5. The third-order valence-electron chi connectivity index (χ3n) is 3.89. The number of hydrogen-bond acceptors (Lipinski definition) is 3. The largest absolute Gasteiger partial charge is 0.457 e. The van der Waals surface area contributed by atoms with E-state index in [4.69, 9.17) is 21.8 Å². The molecule has 20 heavy (non-hydrogen) atoms. The van der Waals surface area contributed by atoms with E-state index in [1.165, 1.54) is 34.6 Å². The molecule has 0 radical (unpaired) electrons. The lowest BCUT2D eigenvalue weighted by atomic mass is 10.1. The van der Waals surface area contributed by atoms with Crippen LogP contribution in [-0.2, 0) is 12.8 Å². The van der Waals surface area contributed by atoms with E-state index in [1.807, 2.05) is 35.6 Å². The number of fused-ring (bicyclic) bond motifs is 2. The first-order chi connectivity index (χ1) is 9.72. The van der Waals surface area contributed by atoms with Gasteiger partial charge >= 0.3 is 0 Å². The number of aryl methyl sites for hydroxylation is 2. The molecule has 2 heterocycles. The first-order valence-corrected chi connectivity index (χ1v) is 7.97. The molecule has 0 aliphatic heterocycles. The van der Waals surface area contributed by atoms with Crippen LogP contribution in [0.5, 0.6) is 0 Å². The minimum absolute atomic E-state index is 0.200. The van der Waals surface area contributed by atoms with Crippen LogP contribution in [0.2, 0.25) is 5.02 Å². The summed E-state index contributed by atoms with van der Waals surface area (Å²) in [4.78, 5) is 2.68. The van der Waals surface area contributed by atoms with Crippen LogP contribution < -0.4 is 5.73 Å². The van der Waals surface area contributed by atoms with Crippen molar-refractivity contribution in [1.82, 2.24) is 0 Å². The molecule has 0 fully saturated rings. The summed E-state index contributed by atoms with van der Waals surface area (Å²) in [5, 5.41) is 1.64. The molecular weight excluding hydrogens is 290 g/mol. The number of thiophene rings is 1. The van der Waals surface area contributed by atoms with Gasteiger partial charge in [0, 0.05) is 15.1 Å². The Balaban J connectivity index is 1.75. The summed E-state index contributed by atoms with van der Waals surface area (Å²) in [6.45, 7) is 0. The molecule has 0 amide bonds. The lowest BCUT2D eigenvalue weighted by Gasteiger charge is -2.05. The Morgan fingerprint density at radius 2 is 2.15 bits per heavy atom. The summed E-state index contributed by atoms with van der Waals surface area (Å²) in [7, 11) is 0. The minimum atomic E-state index is -0.200. The van der Waals surface area contributed by atoms with Crippen molar-refractivity contribution in [3.05, 3.63) is 56.4 Å². The van der Waals surface area contributed by atoms with Gasteiger partial charge in [-0.15, -0.1) is 11.3 Å². The zero-order valence-electron chi connectivity index (χ0n) is 10.9. The summed E-state index contributed by atoms with van der Waals surface area (Å²) < 4.78 is 5.87. The second-order valence-corrected chi connectivity index (χ2v) is 6.81. The van der Waals surface area contributed by atoms with Crippen LogP contribution in [0, 0.1) is 0 Å². The Morgan fingerprint density at radius 1 is 1.25 bits per heavy atom. The van der Waals surface area contributed by atoms with Crippen LogP contribution in [0.15, 0.2) is 34.7 Å². The van der Waals surface area contributed by atoms with Crippen LogP contribution in [0.25, 0.3) is 11.0 Å². The van der Waals surface area contributed by atoms with E-state index in [2.05, 4.69) is 6.07 Å². The maximum Gasteiger partial charge on any atom is 0.152 e. The van der Waals surface area contributed by atoms with Gasteiger partial charge in [-0.25, -0.2) is 0 Å². The number of para-hydroxylation sites is 1. The van der Waals surface area contributed by atoms with Gasteiger partial charge in [0.15, 0.2) is 5.58 Å². The molecule has 102 valence electrons. The highest BCUT2D eigenvalue weighted by Gasteiger charge is 2.21. The topological polar surface area (TPSA) is 39.2 Å². The van der Waals surface area contributed by atoms with Gasteiger partial charge in [0.05, 0.1) is 11.1 Å². The highest BCUT2D eigenvalue weighted by molar-refractivity contribution is 7.12. The molecule has 0 spiro atoms. The summed E-state index contributed by atoms with van der Waals surface area (Å²) >= 11 is 7.97. The molecule has 1 aliphatic carbocycles. The quantitative estimate of drug-likeness (QED) is 0.746. The molecule has 0 saturated carbocycles. The van der Waals surface area contributed by atoms with Crippen LogP contribution in [0.1, 0.15) is 33.5 Å². The minimum Gasteiger partial charge on any atom is -0.457 e. The maximum atomic E-state index is 6.36. The molecule has 1 unspecified atom stereocenters. The van der Waals surface area contributed by atoms with Gasteiger partial charge in [0.1, 0.15) is 5.76 Å². The van der Waals surface area contributed by atoms with Crippen molar-refractivity contribution in [3.63, 3.8) is 0 Å². The standard InChI is InChI=1S/C16H14ClNOS/c17-11-5-1-4-10-7-12(19-16(10)11)15(18)14-8-9-3-2-6-13(9)20-14/h1,4-5,7-8,15H,2-3,6,18H2. The van der Waals surface area contributed by atoms with E-state index in [0.29, 0.717) is 5.02 Å². The van der Waals surface area contributed by atoms with Crippen LogP contribution in [0.4, 0.5) is 0 Å². The summed E-state index contributed by atoms with van der Waals surface area (Å²) in [6.07, 6.45) is 3.65. The van der Waals surface area contributed by atoms with Gasteiger partial charge in [-0.3, -0.25) is 0 Å². The second-order valence-electron chi connectivity index (χ2n) is 5.24. The van der Waals surface area contributed by atoms with E-state index in [1.54, 1.807) is 0 Å². The van der Waals surface area contributed by atoms with Crippen molar-refractivity contribution in [2.24, 2.45) is 5.73 Å². The normalized spacial score (nSPS) is 15.7. The number of rotatable bonds is 2. The smallest absolute Gasteiger partial charge is 0.152 e. The van der Waals surface area contributed by atoms with Gasteiger partial charge in [0.2, 0.25) is 0 Å². The molecule has 4 heteroatoms. The van der Waals surface area contributed by atoms with Gasteiger partial charge in [-0.1, -0.05) is 23.7 Å². The molecule has 1 aliphatic rings. The third-order valence-corrected chi connectivity index (χ3v) is 5.51. The fraction of sp³-hybridized carbons (Fsp3) is 0.250. The highest BCUT2D eigenvalue weighted by Crippen LogP contribution is 2.37. The molecule has 2 nitrogen and oxygen atoms in total. The Labute approximate surface area is 126 Å². The highest BCUT2D eigenvalue weighted by atomic mass is 35.5. The molecule has 0 bridgehead atoms. The second kappa shape index (κ2) is 4.62. The average Bonchev–Trinajstić information content (AvgIpc) is 3.11.